The van der Waals surface area contributed by atoms with Gasteiger partial charge >= 0.3 is 12.2 Å². The first-order chi connectivity index (χ1) is 6.20. The quantitative estimate of drug-likeness (QED) is 0.675. The number of rotatable bonds is 4. The van der Waals surface area contributed by atoms with Crippen LogP contribution in [0.2, 0.25) is 0 Å². The fraction of sp³-hybridized carbons (Fsp3) is 0.667. The van der Waals surface area contributed by atoms with E-state index in [0.29, 0.717) is 12.1 Å². The smallest absolute Gasteiger partial charge is 0.418 e. The van der Waals surface area contributed by atoms with E-state index in [9.17, 15) is 9.59 Å². The summed E-state index contributed by atoms with van der Waals surface area (Å²) in [6.45, 7) is 3.93. The lowest BCUT2D eigenvalue weighted by atomic mass is 10.9. The summed E-state index contributed by atoms with van der Waals surface area (Å²) in [5.74, 6) is 0. The molecule has 0 radical (unpaired) electrons. The molecule has 0 heterocycles. The van der Waals surface area contributed by atoms with Gasteiger partial charge in [-0.05, 0) is 13.8 Å². The monoisotopic (exact) mass is 208 g/mol. The molecule has 7 heteroatoms. The summed E-state index contributed by atoms with van der Waals surface area (Å²) in [5.41, 5.74) is 0. The second-order valence-corrected chi connectivity index (χ2v) is 2.36. The third-order valence-corrected chi connectivity index (χ3v) is 1.36. The molecule has 0 saturated carbocycles. The van der Waals surface area contributed by atoms with Crippen LogP contribution < -0.4 is 9.44 Å². The van der Waals surface area contributed by atoms with Gasteiger partial charge in [0.1, 0.15) is 0 Å². The van der Waals surface area contributed by atoms with Crippen LogP contribution in [-0.2, 0) is 9.47 Å². The molecule has 0 unspecified atom stereocenters. The Hall–Kier alpha value is -1.11. The molecule has 0 aliphatic rings. The van der Waals surface area contributed by atoms with E-state index in [1.54, 1.807) is 13.8 Å². The van der Waals surface area contributed by atoms with Crippen molar-refractivity contribution in [2.45, 2.75) is 13.8 Å². The molecule has 0 atom stereocenters. The van der Waals surface area contributed by atoms with E-state index in [1.165, 1.54) is 0 Å². The van der Waals surface area contributed by atoms with E-state index < -0.39 is 12.2 Å². The first kappa shape index (κ1) is 11.9. The SMILES string of the molecule is CCOC(=O)NSNC(=O)OCC. The molecule has 6 nitrogen and oxygen atoms in total. The van der Waals surface area contributed by atoms with Gasteiger partial charge in [0.15, 0.2) is 0 Å². The maximum absolute atomic E-state index is 10.6. The van der Waals surface area contributed by atoms with E-state index in [2.05, 4.69) is 18.9 Å². The summed E-state index contributed by atoms with van der Waals surface area (Å²) in [6.07, 6.45) is -1.21. The Morgan fingerprint density at radius 2 is 1.46 bits per heavy atom. The van der Waals surface area contributed by atoms with Crippen molar-refractivity contribution in [1.29, 1.82) is 0 Å². The van der Waals surface area contributed by atoms with Crippen molar-refractivity contribution in [3.05, 3.63) is 0 Å². The Morgan fingerprint density at radius 3 is 1.77 bits per heavy atom. The van der Waals surface area contributed by atoms with Crippen molar-refractivity contribution >= 4 is 24.3 Å². The molecule has 0 aromatic rings. The molecule has 0 aromatic heterocycles. The molecule has 0 rings (SSSR count). The van der Waals surface area contributed by atoms with Crippen LogP contribution in [-0.4, -0.2) is 25.4 Å². The molecule has 0 aliphatic heterocycles. The number of carbonyl (C=O) groups excluding carboxylic acids is 2. The van der Waals surface area contributed by atoms with E-state index in [1.807, 2.05) is 0 Å². The van der Waals surface area contributed by atoms with Gasteiger partial charge in [0.2, 0.25) is 0 Å². The number of ether oxygens (including phenoxy) is 2. The normalized spacial score (nSPS) is 8.77. The zero-order valence-corrected chi connectivity index (χ0v) is 8.27. The Kier molecular flexibility index (Phi) is 6.89. The average Bonchev–Trinajstić information content (AvgIpc) is 2.05. The van der Waals surface area contributed by atoms with Crippen LogP contribution in [0.4, 0.5) is 9.59 Å². The van der Waals surface area contributed by atoms with Crippen LogP contribution in [0.5, 0.6) is 0 Å². The Labute approximate surface area is 80.6 Å². The summed E-state index contributed by atoms with van der Waals surface area (Å²) in [7, 11) is 0. The molecule has 0 bridgehead atoms. The van der Waals surface area contributed by atoms with Crippen LogP contribution in [0, 0.1) is 0 Å². The fourth-order valence-corrected chi connectivity index (χ4v) is 0.766. The van der Waals surface area contributed by atoms with Crippen LogP contribution in [0.25, 0.3) is 0 Å². The third-order valence-electron chi connectivity index (χ3n) is 0.820. The molecular formula is C6H12N2O4S. The minimum atomic E-state index is -0.607. The number of carbonyl (C=O) groups is 2. The van der Waals surface area contributed by atoms with Crippen LogP contribution >= 0.6 is 12.1 Å². The van der Waals surface area contributed by atoms with Gasteiger partial charge in [-0.2, -0.15) is 0 Å². The first-order valence-electron chi connectivity index (χ1n) is 3.72. The summed E-state index contributed by atoms with van der Waals surface area (Å²) >= 11 is 0.700. The molecule has 0 aromatic carbocycles. The Balaban J connectivity index is 3.33. The molecule has 2 N–H and O–H groups in total. The summed E-state index contributed by atoms with van der Waals surface area (Å²) in [5, 5.41) is 0. The highest BCUT2D eigenvalue weighted by Gasteiger charge is 2.02. The maximum Gasteiger partial charge on any atom is 0.418 e. The summed E-state index contributed by atoms with van der Waals surface area (Å²) in [4.78, 5) is 21.3. The highest BCUT2D eigenvalue weighted by molar-refractivity contribution is 7.96. The number of hydrogen-bond acceptors (Lipinski definition) is 5. The molecule has 2 amide bonds. The number of amides is 2. The number of nitrogens with one attached hydrogen (secondary N) is 2. The largest absolute Gasteiger partial charge is 0.449 e. The minimum absolute atomic E-state index is 0.284. The average molecular weight is 208 g/mol. The number of hydrogen-bond donors (Lipinski definition) is 2. The van der Waals surface area contributed by atoms with Crippen LogP contribution in [0.3, 0.4) is 0 Å². The first-order valence-corrected chi connectivity index (χ1v) is 4.53. The predicted molar refractivity (Wildman–Crippen MR) is 47.9 cm³/mol. The Bertz CT molecular complexity index is 158. The lowest BCUT2D eigenvalue weighted by Gasteiger charge is -2.04. The van der Waals surface area contributed by atoms with Crippen molar-refractivity contribution in [3.8, 4) is 0 Å². The second-order valence-electron chi connectivity index (χ2n) is 1.75. The second kappa shape index (κ2) is 7.53. The molecule has 0 fully saturated rings. The molecule has 13 heavy (non-hydrogen) atoms. The van der Waals surface area contributed by atoms with Gasteiger partial charge in [-0.1, -0.05) is 0 Å². The Morgan fingerprint density at radius 1 is 1.08 bits per heavy atom. The van der Waals surface area contributed by atoms with Gasteiger partial charge in [-0.25, -0.2) is 19.0 Å². The van der Waals surface area contributed by atoms with Crippen molar-refractivity contribution in [1.82, 2.24) is 9.44 Å². The van der Waals surface area contributed by atoms with E-state index in [0.717, 1.165) is 0 Å². The standard InChI is InChI=1S/C6H12N2O4S/c1-3-11-5(9)7-13-8-6(10)12-4-2/h3-4H2,1-2H3,(H,7,9)(H,8,10). The molecule has 0 aliphatic carbocycles. The van der Waals surface area contributed by atoms with Crippen LogP contribution in [0.1, 0.15) is 13.8 Å². The predicted octanol–water partition coefficient (Wildman–Crippen LogP) is 1.04. The lowest BCUT2D eigenvalue weighted by molar-refractivity contribution is 0.158. The van der Waals surface area contributed by atoms with Crippen LogP contribution in [0.15, 0.2) is 0 Å². The van der Waals surface area contributed by atoms with Gasteiger partial charge in [-0.3, -0.25) is 0 Å². The summed E-state index contributed by atoms with van der Waals surface area (Å²) in [6, 6.07) is 0. The van der Waals surface area contributed by atoms with Crippen molar-refractivity contribution in [2.75, 3.05) is 13.2 Å². The fourth-order valence-electron chi connectivity index (χ4n) is 0.430. The topological polar surface area (TPSA) is 76.7 Å². The van der Waals surface area contributed by atoms with Gasteiger partial charge in [0.25, 0.3) is 0 Å². The maximum atomic E-state index is 10.6. The van der Waals surface area contributed by atoms with Crippen molar-refractivity contribution in [3.63, 3.8) is 0 Å². The van der Waals surface area contributed by atoms with Gasteiger partial charge in [0, 0.05) is 0 Å². The molecule has 76 valence electrons. The van der Waals surface area contributed by atoms with Crippen molar-refractivity contribution in [2.24, 2.45) is 0 Å². The lowest BCUT2D eigenvalue weighted by Crippen LogP contribution is -2.26. The van der Waals surface area contributed by atoms with E-state index >= 15 is 0 Å². The van der Waals surface area contributed by atoms with Crippen molar-refractivity contribution < 1.29 is 19.1 Å². The van der Waals surface area contributed by atoms with Gasteiger partial charge in [-0.15, -0.1) is 0 Å². The summed E-state index contributed by atoms with van der Waals surface area (Å²) < 4.78 is 13.5. The molecular weight excluding hydrogens is 196 g/mol. The zero-order chi connectivity index (χ0) is 10.1. The van der Waals surface area contributed by atoms with E-state index in [-0.39, 0.29) is 13.2 Å². The highest BCUT2D eigenvalue weighted by Crippen LogP contribution is 1.89. The minimum Gasteiger partial charge on any atom is -0.449 e. The molecule has 0 saturated heterocycles. The highest BCUT2D eigenvalue weighted by atomic mass is 32.2. The third kappa shape index (κ3) is 7.26. The van der Waals surface area contributed by atoms with Gasteiger partial charge < -0.3 is 9.47 Å². The van der Waals surface area contributed by atoms with Gasteiger partial charge in [0.05, 0.1) is 25.3 Å². The van der Waals surface area contributed by atoms with E-state index in [4.69, 9.17) is 0 Å². The molecule has 0 spiro atoms. The zero-order valence-electron chi connectivity index (χ0n) is 7.46.